The second kappa shape index (κ2) is 5.02. The number of aromatic nitrogens is 1. The highest BCUT2D eigenvalue weighted by Crippen LogP contribution is 2.28. The fourth-order valence-corrected chi connectivity index (χ4v) is 2.03. The Hall–Kier alpha value is -2.27. The summed E-state index contributed by atoms with van der Waals surface area (Å²) in [4.78, 5) is 4.21. The third-order valence-electron chi connectivity index (χ3n) is 2.71. The molecule has 102 valence electrons. The van der Waals surface area contributed by atoms with Crippen LogP contribution in [0.1, 0.15) is 5.89 Å². The summed E-state index contributed by atoms with van der Waals surface area (Å²) >= 11 is 5.86. The molecule has 20 heavy (non-hydrogen) atoms. The quantitative estimate of drug-likeness (QED) is 0.746. The summed E-state index contributed by atoms with van der Waals surface area (Å²) < 4.78 is 24.3. The first kappa shape index (κ1) is 12.7. The van der Waals surface area contributed by atoms with E-state index in [0.29, 0.717) is 22.7 Å². The Labute approximate surface area is 118 Å². The van der Waals surface area contributed by atoms with Crippen LogP contribution < -0.4 is 10.5 Å². The fraction of sp³-hybridized carbons (Fsp3) is 0.0714. The van der Waals surface area contributed by atoms with Crippen molar-refractivity contribution in [2.24, 2.45) is 0 Å². The first-order valence-corrected chi connectivity index (χ1v) is 6.23. The van der Waals surface area contributed by atoms with E-state index >= 15 is 0 Å². The van der Waals surface area contributed by atoms with Crippen molar-refractivity contribution in [3.05, 3.63) is 53.1 Å². The van der Waals surface area contributed by atoms with Crippen LogP contribution in [0.2, 0.25) is 5.02 Å². The topological polar surface area (TPSA) is 61.3 Å². The summed E-state index contributed by atoms with van der Waals surface area (Å²) in [6.45, 7) is -0.0186. The number of ether oxygens (including phenoxy) is 1. The predicted molar refractivity (Wildman–Crippen MR) is 74.2 cm³/mol. The maximum Gasteiger partial charge on any atom is 0.233 e. The van der Waals surface area contributed by atoms with Gasteiger partial charge in [-0.05, 0) is 30.3 Å². The fourth-order valence-electron chi connectivity index (χ4n) is 1.81. The Morgan fingerprint density at radius 1 is 1.30 bits per heavy atom. The minimum atomic E-state index is -0.530. The number of oxazole rings is 1. The molecular formula is C14H10ClFN2O2. The van der Waals surface area contributed by atoms with Crippen LogP contribution in [0.25, 0.3) is 11.1 Å². The van der Waals surface area contributed by atoms with Crippen LogP contribution in [-0.2, 0) is 6.61 Å². The van der Waals surface area contributed by atoms with Gasteiger partial charge in [-0.15, -0.1) is 0 Å². The molecular weight excluding hydrogens is 283 g/mol. The lowest BCUT2D eigenvalue weighted by molar-refractivity contribution is 0.256. The van der Waals surface area contributed by atoms with Gasteiger partial charge in [0.05, 0.1) is 5.02 Å². The summed E-state index contributed by atoms with van der Waals surface area (Å²) in [5.74, 6) is -0.223. The standard InChI is InChI=1S/C14H10ClFN2O2/c15-9-2-1-3-10(16)14(9)19-7-13-18-11-6-8(17)4-5-12(11)20-13/h1-6H,7,17H2. The number of nitrogen functional groups attached to an aromatic ring is 1. The van der Waals surface area contributed by atoms with Crippen molar-refractivity contribution in [2.75, 3.05) is 5.73 Å². The lowest BCUT2D eigenvalue weighted by Gasteiger charge is -2.06. The Morgan fingerprint density at radius 3 is 2.95 bits per heavy atom. The molecule has 3 aromatic rings. The van der Waals surface area contributed by atoms with Crippen LogP contribution in [0.5, 0.6) is 5.75 Å². The van der Waals surface area contributed by atoms with E-state index in [2.05, 4.69) is 4.98 Å². The van der Waals surface area contributed by atoms with E-state index in [1.54, 1.807) is 24.3 Å². The summed E-state index contributed by atoms with van der Waals surface area (Å²) in [7, 11) is 0. The second-order valence-electron chi connectivity index (χ2n) is 4.17. The summed E-state index contributed by atoms with van der Waals surface area (Å²) in [5.41, 5.74) is 7.47. The van der Waals surface area contributed by atoms with Gasteiger partial charge in [-0.3, -0.25) is 0 Å². The minimum Gasteiger partial charge on any atom is -0.479 e. The van der Waals surface area contributed by atoms with Gasteiger partial charge in [-0.2, -0.15) is 0 Å². The van der Waals surface area contributed by atoms with E-state index in [0.717, 1.165) is 0 Å². The maximum atomic E-state index is 13.5. The number of hydrogen-bond donors (Lipinski definition) is 1. The predicted octanol–water partition coefficient (Wildman–Crippen LogP) is 3.78. The second-order valence-corrected chi connectivity index (χ2v) is 4.58. The van der Waals surface area contributed by atoms with Crippen LogP contribution in [0.3, 0.4) is 0 Å². The SMILES string of the molecule is Nc1ccc2oc(COc3c(F)cccc3Cl)nc2c1. The van der Waals surface area contributed by atoms with E-state index in [9.17, 15) is 4.39 Å². The van der Waals surface area contributed by atoms with Crippen molar-refractivity contribution in [1.29, 1.82) is 0 Å². The molecule has 0 aliphatic carbocycles. The summed E-state index contributed by atoms with van der Waals surface area (Å²) in [5, 5.41) is 0.199. The van der Waals surface area contributed by atoms with Gasteiger partial charge in [0.15, 0.2) is 23.8 Å². The largest absolute Gasteiger partial charge is 0.479 e. The maximum absolute atomic E-state index is 13.5. The molecule has 1 heterocycles. The highest BCUT2D eigenvalue weighted by Gasteiger charge is 2.11. The lowest BCUT2D eigenvalue weighted by atomic mass is 10.3. The Bertz CT molecular complexity index is 753. The normalized spacial score (nSPS) is 10.9. The first-order chi connectivity index (χ1) is 9.63. The van der Waals surface area contributed by atoms with Crippen molar-refractivity contribution < 1.29 is 13.5 Å². The molecule has 0 aliphatic rings. The van der Waals surface area contributed by atoms with Crippen LogP contribution >= 0.6 is 11.6 Å². The molecule has 0 spiro atoms. The zero-order chi connectivity index (χ0) is 14.1. The van der Waals surface area contributed by atoms with Crippen molar-refractivity contribution in [2.45, 2.75) is 6.61 Å². The van der Waals surface area contributed by atoms with Gasteiger partial charge in [0.25, 0.3) is 0 Å². The van der Waals surface area contributed by atoms with Crippen LogP contribution in [0, 0.1) is 5.82 Å². The van der Waals surface area contributed by atoms with Crippen molar-refractivity contribution >= 4 is 28.4 Å². The lowest BCUT2D eigenvalue weighted by Crippen LogP contribution is -1.98. The molecule has 6 heteroatoms. The van der Waals surface area contributed by atoms with Crippen LogP contribution in [0.15, 0.2) is 40.8 Å². The number of nitrogens with two attached hydrogens (primary N) is 1. The summed E-state index contributed by atoms with van der Waals surface area (Å²) in [6, 6.07) is 9.45. The Balaban J connectivity index is 1.83. The van der Waals surface area contributed by atoms with Gasteiger partial charge in [-0.1, -0.05) is 17.7 Å². The highest BCUT2D eigenvalue weighted by molar-refractivity contribution is 6.32. The molecule has 2 N–H and O–H groups in total. The molecule has 0 saturated carbocycles. The molecule has 0 aliphatic heterocycles. The number of halogens is 2. The van der Waals surface area contributed by atoms with E-state index in [1.807, 2.05) is 0 Å². The molecule has 0 bridgehead atoms. The number of nitrogens with zero attached hydrogens (tertiary/aromatic N) is 1. The number of fused-ring (bicyclic) bond motifs is 1. The smallest absolute Gasteiger partial charge is 0.233 e. The van der Waals surface area contributed by atoms with E-state index in [4.69, 9.17) is 26.5 Å². The van der Waals surface area contributed by atoms with Crippen molar-refractivity contribution in [1.82, 2.24) is 4.98 Å². The van der Waals surface area contributed by atoms with E-state index < -0.39 is 5.82 Å². The molecule has 0 amide bonds. The van der Waals surface area contributed by atoms with Gasteiger partial charge < -0.3 is 14.9 Å². The van der Waals surface area contributed by atoms with Crippen LogP contribution in [0.4, 0.5) is 10.1 Å². The van der Waals surface area contributed by atoms with Gasteiger partial charge >= 0.3 is 0 Å². The average molecular weight is 293 g/mol. The molecule has 0 atom stereocenters. The van der Waals surface area contributed by atoms with Gasteiger partial charge in [0, 0.05) is 5.69 Å². The molecule has 2 aromatic carbocycles. The number of anilines is 1. The molecule has 4 nitrogen and oxygen atoms in total. The molecule has 0 fully saturated rings. The number of benzene rings is 2. The zero-order valence-electron chi connectivity index (χ0n) is 10.3. The molecule has 0 unspecified atom stereocenters. The number of hydrogen-bond acceptors (Lipinski definition) is 4. The Kier molecular flexibility index (Phi) is 3.20. The highest BCUT2D eigenvalue weighted by atomic mass is 35.5. The first-order valence-electron chi connectivity index (χ1n) is 5.85. The van der Waals surface area contributed by atoms with Crippen LogP contribution in [-0.4, -0.2) is 4.98 Å². The monoisotopic (exact) mass is 292 g/mol. The number of rotatable bonds is 3. The Morgan fingerprint density at radius 2 is 2.15 bits per heavy atom. The third-order valence-corrected chi connectivity index (χ3v) is 3.01. The third kappa shape index (κ3) is 2.40. The minimum absolute atomic E-state index is 0.0177. The molecule has 1 aromatic heterocycles. The van der Waals surface area contributed by atoms with E-state index in [1.165, 1.54) is 12.1 Å². The summed E-state index contributed by atoms with van der Waals surface area (Å²) in [6.07, 6.45) is 0. The molecule has 3 rings (SSSR count). The van der Waals surface area contributed by atoms with Gasteiger partial charge in [0.1, 0.15) is 5.52 Å². The molecule has 0 saturated heterocycles. The van der Waals surface area contributed by atoms with E-state index in [-0.39, 0.29) is 17.4 Å². The zero-order valence-corrected chi connectivity index (χ0v) is 11.0. The van der Waals surface area contributed by atoms with Gasteiger partial charge in [0.2, 0.25) is 5.89 Å². The van der Waals surface area contributed by atoms with Crippen molar-refractivity contribution in [3.8, 4) is 5.75 Å². The average Bonchev–Trinajstić information content (AvgIpc) is 2.80. The molecule has 0 radical (unpaired) electrons. The van der Waals surface area contributed by atoms with Crippen molar-refractivity contribution in [3.63, 3.8) is 0 Å². The van der Waals surface area contributed by atoms with Gasteiger partial charge in [-0.25, -0.2) is 9.37 Å². The number of para-hydroxylation sites is 1.